The van der Waals surface area contributed by atoms with Crippen molar-refractivity contribution in [1.29, 1.82) is 0 Å². The van der Waals surface area contributed by atoms with Crippen molar-refractivity contribution >= 4 is 0 Å². The molecule has 2 saturated heterocycles. The molecule has 0 aromatic carbocycles. The first-order valence-electron chi connectivity index (χ1n) is 5.90. The second-order valence-electron chi connectivity index (χ2n) is 4.91. The van der Waals surface area contributed by atoms with Gasteiger partial charge in [0.25, 0.3) is 0 Å². The number of hydrogen-bond acceptors (Lipinski definition) is 3. The fourth-order valence-electron chi connectivity index (χ4n) is 2.16. The zero-order valence-electron chi connectivity index (χ0n) is 10.0. The number of morpholine rings is 1. The van der Waals surface area contributed by atoms with Gasteiger partial charge < -0.3 is 10.1 Å². The Morgan fingerprint density at radius 2 is 2.20 bits per heavy atom. The maximum Gasteiger partial charge on any atom is 0.0674 e. The molecule has 2 aliphatic rings. The van der Waals surface area contributed by atoms with E-state index in [0.29, 0.717) is 12.1 Å². The van der Waals surface area contributed by atoms with E-state index in [4.69, 9.17) is 4.74 Å². The largest absolute Gasteiger partial charge is 0.376 e. The highest BCUT2D eigenvalue weighted by molar-refractivity contribution is 5.22. The van der Waals surface area contributed by atoms with Gasteiger partial charge in [0.1, 0.15) is 0 Å². The van der Waals surface area contributed by atoms with Crippen LogP contribution in [0.1, 0.15) is 20.8 Å². The van der Waals surface area contributed by atoms with Gasteiger partial charge in [0.05, 0.1) is 12.7 Å². The van der Waals surface area contributed by atoms with Crippen LogP contribution in [-0.4, -0.2) is 49.8 Å². The van der Waals surface area contributed by atoms with Gasteiger partial charge >= 0.3 is 0 Å². The van der Waals surface area contributed by atoms with E-state index in [1.54, 1.807) is 11.1 Å². The molecular weight excluding hydrogens is 188 g/mol. The molecule has 3 heteroatoms. The van der Waals surface area contributed by atoms with Crippen LogP contribution < -0.4 is 5.32 Å². The molecule has 2 heterocycles. The van der Waals surface area contributed by atoms with E-state index in [2.05, 4.69) is 31.0 Å². The van der Waals surface area contributed by atoms with Gasteiger partial charge in [0.2, 0.25) is 0 Å². The highest BCUT2D eigenvalue weighted by atomic mass is 16.5. The molecule has 2 unspecified atom stereocenters. The first-order chi connectivity index (χ1) is 7.16. The Morgan fingerprint density at radius 3 is 2.80 bits per heavy atom. The summed E-state index contributed by atoms with van der Waals surface area (Å²) in [6.07, 6.45) is 0.388. The molecule has 0 bridgehead atoms. The van der Waals surface area contributed by atoms with Crippen LogP contribution in [0.5, 0.6) is 0 Å². The van der Waals surface area contributed by atoms with Gasteiger partial charge in [-0.25, -0.2) is 0 Å². The number of hydrogen-bond donors (Lipinski definition) is 1. The lowest BCUT2D eigenvalue weighted by molar-refractivity contribution is -0.0457. The molecule has 2 rings (SSSR count). The van der Waals surface area contributed by atoms with Crippen LogP contribution in [0, 0.1) is 0 Å². The molecule has 2 atom stereocenters. The summed E-state index contributed by atoms with van der Waals surface area (Å²) in [6.45, 7) is 11.9. The Hall–Kier alpha value is -0.380. The minimum absolute atomic E-state index is 0.388. The number of rotatable bonds is 2. The fraction of sp³-hybridized carbons (Fsp3) is 0.833. The van der Waals surface area contributed by atoms with E-state index >= 15 is 0 Å². The summed E-state index contributed by atoms with van der Waals surface area (Å²) >= 11 is 0. The quantitative estimate of drug-likeness (QED) is 0.689. The normalized spacial score (nSPS) is 32.6. The summed E-state index contributed by atoms with van der Waals surface area (Å²) in [5, 5.41) is 3.30. The summed E-state index contributed by atoms with van der Waals surface area (Å²) < 4.78 is 5.63. The Kier molecular flexibility index (Phi) is 3.44. The Labute approximate surface area is 92.5 Å². The molecule has 86 valence electrons. The van der Waals surface area contributed by atoms with Crippen molar-refractivity contribution in [3.8, 4) is 0 Å². The first kappa shape index (κ1) is 11.1. The number of ether oxygens (including phenoxy) is 1. The topological polar surface area (TPSA) is 24.5 Å². The van der Waals surface area contributed by atoms with E-state index in [1.807, 2.05) is 0 Å². The predicted molar refractivity (Wildman–Crippen MR) is 62.0 cm³/mol. The summed E-state index contributed by atoms with van der Waals surface area (Å²) in [4.78, 5) is 2.54. The smallest absolute Gasteiger partial charge is 0.0674 e. The van der Waals surface area contributed by atoms with Gasteiger partial charge in [-0.3, -0.25) is 4.90 Å². The van der Waals surface area contributed by atoms with Crippen LogP contribution in [0.4, 0.5) is 0 Å². The minimum atomic E-state index is 0.388. The third-order valence-corrected chi connectivity index (χ3v) is 3.46. The van der Waals surface area contributed by atoms with Crippen molar-refractivity contribution in [3.05, 3.63) is 11.1 Å². The van der Waals surface area contributed by atoms with Crippen molar-refractivity contribution in [2.24, 2.45) is 0 Å². The second kappa shape index (κ2) is 4.64. The van der Waals surface area contributed by atoms with E-state index in [1.165, 1.54) is 0 Å². The second-order valence-corrected chi connectivity index (χ2v) is 4.91. The van der Waals surface area contributed by atoms with Gasteiger partial charge in [-0.15, -0.1) is 0 Å². The summed E-state index contributed by atoms with van der Waals surface area (Å²) in [6, 6.07) is 0.560. The lowest BCUT2D eigenvalue weighted by Crippen LogP contribution is -2.48. The summed E-state index contributed by atoms with van der Waals surface area (Å²) in [5.74, 6) is 0. The monoisotopic (exact) mass is 210 g/mol. The zero-order chi connectivity index (χ0) is 10.8. The van der Waals surface area contributed by atoms with Crippen LogP contribution >= 0.6 is 0 Å². The molecule has 0 aliphatic carbocycles. The van der Waals surface area contributed by atoms with Crippen LogP contribution in [0.25, 0.3) is 0 Å². The average molecular weight is 210 g/mol. The average Bonchev–Trinajstić information content (AvgIpc) is 2.08. The molecule has 3 nitrogen and oxygen atoms in total. The highest BCUT2D eigenvalue weighted by Crippen LogP contribution is 2.16. The summed E-state index contributed by atoms with van der Waals surface area (Å²) in [7, 11) is 0. The molecule has 1 N–H and O–H groups in total. The fourth-order valence-corrected chi connectivity index (χ4v) is 2.16. The Morgan fingerprint density at radius 1 is 1.47 bits per heavy atom. The maximum absolute atomic E-state index is 5.63. The number of nitrogens with one attached hydrogen (secondary N) is 1. The van der Waals surface area contributed by atoms with Gasteiger partial charge in [-0.05, 0) is 26.3 Å². The third-order valence-electron chi connectivity index (χ3n) is 3.46. The van der Waals surface area contributed by atoms with Crippen molar-refractivity contribution < 1.29 is 4.74 Å². The Bertz CT molecular complexity index is 256. The van der Waals surface area contributed by atoms with Crippen molar-refractivity contribution in [2.45, 2.75) is 32.9 Å². The standard InChI is InChI=1S/C12H22N2O/c1-9(12-4-13-5-12)6-14-7-11(3)15-8-10(14)2/h10-11,13H,4-8H2,1-3H3. The van der Waals surface area contributed by atoms with Crippen LogP contribution in [0.15, 0.2) is 11.1 Å². The van der Waals surface area contributed by atoms with E-state index < -0.39 is 0 Å². The van der Waals surface area contributed by atoms with Gasteiger partial charge in [-0.2, -0.15) is 0 Å². The van der Waals surface area contributed by atoms with Gasteiger partial charge in [0, 0.05) is 32.2 Å². The predicted octanol–water partition coefficient (Wildman–Crippen LogP) is 1.02. The third kappa shape index (κ3) is 2.60. The molecule has 2 aliphatic heterocycles. The van der Waals surface area contributed by atoms with Crippen molar-refractivity contribution in [2.75, 3.05) is 32.8 Å². The first-order valence-corrected chi connectivity index (χ1v) is 5.90. The minimum Gasteiger partial charge on any atom is -0.376 e. The number of nitrogens with zero attached hydrogens (tertiary/aromatic N) is 1. The molecule has 0 amide bonds. The molecular formula is C12H22N2O. The maximum atomic E-state index is 5.63. The van der Waals surface area contributed by atoms with Crippen molar-refractivity contribution in [1.82, 2.24) is 10.2 Å². The van der Waals surface area contributed by atoms with Gasteiger partial charge in [-0.1, -0.05) is 5.57 Å². The molecule has 2 fully saturated rings. The molecule has 0 aromatic heterocycles. The zero-order valence-corrected chi connectivity index (χ0v) is 10.0. The van der Waals surface area contributed by atoms with E-state index in [-0.39, 0.29) is 0 Å². The Balaban J connectivity index is 1.92. The van der Waals surface area contributed by atoms with E-state index in [0.717, 1.165) is 32.8 Å². The summed E-state index contributed by atoms with van der Waals surface area (Å²) in [5.41, 5.74) is 3.15. The molecule has 15 heavy (non-hydrogen) atoms. The van der Waals surface area contributed by atoms with Crippen LogP contribution in [0.2, 0.25) is 0 Å². The van der Waals surface area contributed by atoms with Crippen LogP contribution in [0.3, 0.4) is 0 Å². The van der Waals surface area contributed by atoms with Crippen LogP contribution in [-0.2, 0) is 4.74 Å². The molecule has 0 aromatic rings. The molecule has 0 spiro atoms. The lowest BCUT2D eigenvalue weighted by Gasteiger charge is -2.37. The lowest BCUT2D eigenvalue weighted by atomic mass is 10.0. The molecule has 0 saturated carbocycles. The highest BCUT2D eigenvalue weighted by Gasteiger charge is 2.24. The SMILES string of the molecule is CC(CN1CC(C)OCC1C)=C1CNC1. The van der Waals surface area contributed by atoms with Gasteiger partial charge in [0.15, 0.2) is 0 Å². The molecule has 0 radical (unpaired) electrons. The van der Waals surface area contributed by atoms with E-state index in [9.17, 15) is 0 Å². The van der Waals surface area contributed by atoms with Crippen molar-refractivity contribution in [3.63, 3.8) is 0 Å².